The SMILES string of the molecule is CS(=O)(=O)C1CSCCN1C(=O)c1ccc(Br)c(O)c1. The molecule has 1 aromatic rings. The molecule has 110 valence electrons. The third kappa shape index (κ3) is 3.29. The third-order valence-electron chi connectivity index (χ3n) is 3.03. The van der Waals surface area contributed by atoms with E-state index in [1.165, 1.54) is 22.7 Å². The van der Waals surface area contributed by atoms with Gasteiger partial charge < -0.3 is 10.0 Å². The molecule has 1 saturated heterocycles. The van der Waals surface area contributed by atoms with E-state index in [0.29, 0.717) is 22.5 Å². The molecule has 0 aromatic heterocycles. The van der Waals surface area contributed by atoms with Crippen molar-refractivity contribution in [2.45, 2.75) is 5.37 Å². The van der Waals surface area contributed by atoms with Crippen molar-refractivity contribution >= 4 is 43.4 Å². The van der Waals surface area contributed by atoms with Gasteiger partial charge in [0.1, 0.15) is 11.1 Å². The molecule has 0 saturated carbocycles. The summed E-state index contributed by atoms with van der Waals surface area (Å²) < 4.78 is 24.1. The van der Waals surface area contributed by atoms with Crippen LogP contribution in [0.3, 0.4) is 0 Å². The Morgan fingerprint density at radius 1 is 1.50 bits per heavy atom. The molecule has 1 unspecified atom stereocenters. The number of amides is 1. The quantitative estimate of drug-likeness (QED) is 0.846. The van der Waals surface area contributed by atoms with Crippen LogP contribution in [0.25, 0.3) is 0 Å². The van der Waals surface area contributed by atoms with Crippen LogP contribution in [0.1, 0.15) is 10.4 Å². The van der Waals surface area contributed by atoms with E-state index in [1.54, 1.807) is 12.1 Å². The van der Waals surface area contributed by atoms with Gasteiger partial charge in [-0.05, 0) is 34.1 Å². The molecule has 1 fully saturated rings. The number of sulfone groups is 1. The fourth-order valence-corrected chi connectivity index (χ4v) is 5.04. The summed E-state index contributed by atoms with van der Waals surface area (Å²) in [6, 6.07) is 4.47. The molecule has 2 rings (SSSR count). The van der Waals surface area contributed by atoms with Gasteiger partial charge in [0.2, 0.25) is 0 Å². The average molecular weight is 380 g/mol. The standard InChI is InChI=1S/C12H14BrNO4S2/c1-20(17,18)11-7-19-5-4-14(11)12(16)8-2-3-9(13)10(15)6-8/h2-3,6,11,15H,4-5,7H2,1H3. The smallest absolute Gasteiger partial charge is 0.255 e. The number of nitrogens with zero attached hydrogens (tertiary/aromatic N) is 1. The Morgan fingerprint density at radius 2 is 2.20 bits per heavy atom. The van der Waals surface area contributed by atoms with Gasteiger partial charge >= 0.3 is 0 Å². The number of phenolic OH excluding ortho intramolecular Hbond substituents is 1. The highest BCUT2D eigenvalue weighted by molar-refractivity contribution is 9.10. The van der Waals surface area contributed by atoms with E-state index in [4.69, 9.17) is 0 Å². The van der Waals surface area contributed by atoms with Gasteiger partial charge in [-0.2, -0.15) is 11.8 Å². The predicted molar refractivity (Wildman–Crippen MR) is 82.8 cm³/mol. The van der Waals surface area contributed by atoms with Crippen molar-refractivity contribution in [1.82, 2.24) is 4.90 Å². The first-order valence-electron chi connectivity index (χ1n) is 5.87. The monoisotopic (exact) mass is 379 g/mol. The summed E-state index contributed by atoms with van der Waals surface area (Å²) in [5, 5.41) is 8.83. The first-order valence-corrected chi connectivity index (χ1v) is 9.77. The zero-order chi connectivity index (χ0) is 14.9. The largest absolute Gasteiger partial charge is 0.507 e. The number of hydrogen-bond acceptors (Lipinski definition) is 5. The molecule has 0 radical (unpaired) electrons. The van der Waals surface area contributed by atoms with Gasteiger partial charge in [0, 0.05) is 29.9 Å². The van der Waals surface area contributed by atoms with Crippen LogP contribution in [0.2, 0.25) is 0 Å². The Morgan fingerprint density at radius 3 is 2.80 bits per heavy atom. The Labute approximate surface area is 130 Å². The Kier molecular flexibility index (Phi) is 4.66. The van der Waals surface area contributed by atoms with E-state index in [9.17, 15) is 18.3 Å². The van der Waals surface area contributed by atoms with Crippen LogP contribution in [0, 0.1) is 0 Å². The molecule has 0 spiro atoms. The number of carbonyl (C=O) groups excluding carboxylic acids is 1. The molecule has 1 amide bonds. The second-order valence-electron chi connectivity index (χ2n) is 4.52. The van der Waals surface area contributed by atoms with E-state index < -0.39 is 15.2 Å². The van der Waals surface area contributed by atoms with E-state index >= 15 is 0 Å². The van der Waals surface area contributed by atoms with Gasteiger partial charge in [-0.15, -0.1) is 0 Å². The average Bonchev–Trinajstić information content (AvgIpc) is 2.40. The Hall–Kier alpha value is -0.730. The highest BCUT2D eigenvalue weighted by atomic mass is 79.9. The molecule has 0 bridgehead atoms. The maximum Gasteiger partial charge on any atom is 0.255 e. The Balaban J connectivity index is 2.32. The summed E-state index contributed by atoms with van der Waals surface area (Å²) in [7, 11) is -3.33. The molecule has 1 atom stereocenters. The van der Waals surface area contributed by atoms with Crippen LogP contribution >= 0.6 is 27.7 Å². The van der Waals surface area contributed by atoms with Gasteiger partial charge in [0.05, 0.1) is 4.47 Å². The van der Waals surface area contributed by atoms with Crippen molar-refractivity contribution < 1.29 is 18.3 Å². The van der Waals surface area contributed by atoms with Gasteiger partial charge in [-0.1, -0.05) is 0 Å². The summed E-state index contributed by atoms with van der Waals surface area (Å²) >= 11 is 4.67. The normalized spacial score (nSPS) is 19.9. The second-order valence-corrected chi connectivity index (χ2v) is 8.73. The molecule has 5 nitrogen and oxygen atoms in total. The van der Waals surface area contributed by atoms with Gasteiger partial charge in [0.15, 0.2) is 9.84 Å². The van der Waals surface area contributed by atoms with Crippen LogP contribution in [0.5, 0.6) is 5.75 Å². The molecule has 1 aromatic carbocycles. The van der Waals surface area contributed by atoms with Crippen molar-refractivity contribution in [2.24, 2.45) is 0 Å². The number of hydrogen-bond donors (Lipinski definition) is 1. The molecule has 1 heterocycles. The molecule has 20 heavy (non-hydrogen) atoms. The number of rotatable bonds is 2. The summed E-state index contributed by atoms with van der Waals surface area (Å²) in [6.45, 7) is 0.387. The van der Waals surface area contributed by atoms with Crippen molar-refractivity contribution in [3.63, 3.8) is 0 Å². The number of thioether (sulfide) groups is 1. The summed E-state index contributed by atoms with van der Waals surface area (Å²) in [4.78, 5) is 13.8. The van der Waals surface area contributed by atoms with E-state index in [-0.39, 0.29) is 17.2 Å². The minimum atomic E-state index is -3.33. The molecular formula is C12H14BrNO4S2. The Bertz CT molecular complexity index is 632. The van der Waals surface area contributed by atoms with Crippen LogP contribution in [-0.2, 0) is 9.84 Å². The molecule has 1 N–H and O–H groups in total. The molecule has 0 aliphatic carbocycles. The van der Waals surface area contributed by atoms with E-state index in [0.717, 1.165) is 6.26 Å². The number of carbonyl (C=O) groups is 1. The molecule has 8 heteroatoms. The van der Waals surface area contributed by atoms with E-state index in [2.05, 4.69) is 15.9 Å². The van der Waals surface area contributed by atoms with Crippen molar-refractivity contribution in [3.05, 3.63) is 28.2 Å². The minimum Gasteiger partial charge on any atom is -0.507 e. The van der Waals surface area contributed by atoms with Gasteiger partial charge in [-0.3, -0.25) is 4.79 Å². The lowest BCUT2D eigenvalue weighted by Gasteiger charge is -2.34. The van der Waals surface area contributed by atoms with E-state index in [1.807, 2.05) is 0 Å². The van der Waals surface area contributed by atoms with Crippen LogP contribution in [-0.4, -0.2) is 54.0 Å². The highest BCUT2D eigenvalue weighted by Gasteiger charge is 2.34. The first kappa shape index (κ1) is 15.7. The predicted octanol–water partition coefficient (Wildman–Crippen LogP) is 1.71. The number of halogens is 1. The second kappa shape index (κ2) is 5.95. The number of phenols is 1. The van der Waals surface area contributed by atoms with Gasteiger partial charge in [0.25, 0.3) is 5.91 Å². The molecule has 1 aliphatic rings. The lowest BCUT2D eigenvalue weighted by atomic mass is 10.2. The maximum absolute atomic E-state index is 12.4. The third-order valence-corrected chi connectivity index (χ3v) is 6.35. The summed E-state index contributed by atoms with van der Waals surface area (Å²) in [5.74, 6) is 0.676. The lowest BCUT2D eigenvalue weighted by molar-refractivity contribution is 0.0749. The fourth-order valence-electron chi connectivity index (χ4n) is 1.98. The maximum atomic E-state index is 12.4. The van der Waals surface area contributed by atoms with Crippen LogP contribution in [0.4, 0.5) is 0 Å². The summed E-state index contributed by atoms with van der Waals surface area (Å²) in [6.07, 6.45) is 1.14. The zero-order valence-electron chi connectivity index (χ0n) is 10.7. The molecular weight excluding hydrogens is 366 g/mol. The topological polar surface area (TPSA) is 74.7 Å². The minimum absolute atomic E-state index is 0.0434. The highest BCUT2D eigenvalue weighted by Crippen LogP contribution is 2.27. The summed E-state index contributed by atoms with van der Waals surface area (Å²) in [5.41, 5.74) is 0.284. The van der Waals surface area contributed by atoms with Crippen LogP contribution in [0.15, 0.2) is 22.7 Å². The lowest BCUT2D eigenvalue weighted by Crippen LogP contribution is -2.49. The van der Waals surface area contributed by atoms with Crippen molar-refractivity contribution in [2.75, 3.05) is 24.3 Å². The zero-order valence-corrected chi connectivity index (χ0v) is 14.0. The van der Waals surface area contributed by atoms with Crippen molar-refractivity contribution in [1.29, 1.82) is 0 Å². The first-order chi connectivity index (χ1) is 9.30. The van der Waals surface area contributed by atoms with Crippen molar-refractivity contribution in [3.8, 4) is 5.75 Å². The number of benzene rings is 1. The number of aromatic hydroxyl groups is 1. The fraction of sp³-hybridized carbons (Fsp3) is 0.417. The van der Waals surface area contributed by atoms with Gasteiger partial charge in [-0.25, -0.2) is 8.42 Å². The van der Waals surface area contributed by atoms with Crippen LogP contribution < -0.4 is 0 Å². The molecule has 1 aliphatic heterocycles.